The molecule has 0 bridgehead atoms. The van der Waals surface area contributed by atoms with Gasteiger partial charge >= 0.3 is 0 Å². The molecule has 0 aromatic heterocycles. The van der Waals surface area contributed by atoms with E-state index in [-0.39, 0.29) is 17.5 Å². The Labute approximate surface area is 136 Å². The third kappa shape index (κ3) is 6.62. The molecule has 0 fully saturated rings. The predicted octanol–water partition coefficient (Wildman–Crippen LogP) is 3.64. The van der Waals surface area contributed by atoms with Crippen LogP contribution in [0.4, 0.5) is 5.69 Å². The van der Waals surface area contributed by atoms with E-state index in [0.717, 1.165) is 12.0 Å². The van der Waals surface area contributed by atoms with E-state index in [4.69, 9.17) is 19.6 Å². The molecule has 7 heteroatoms. The molecule has 1 rings (SSSR count). The Kier molecular flexibility index (Phi) is 9.39. The first kappa shape index (κ1) is 19.5. The second kappa shape index (κ2) is 11.1. The van der Waals surface area contributed by atoms with Crippen LogP contribution in [0.15, 0.2) is 24.3 Å². The average Bonchev–Trinajstić information content (AvgIpc) is 2.55. The summed E-state index contributed by atoms with van der Waals surface area (Å²) in [6.07, 6.45) is 0.788. The molecule has 1 aromatic carbocycles. The van der Waals surface area contributed by atoms with Gasteiger partial charge in [0.25, 0.3) is 5.69 Å². The smallest absolute Gasteiger partial charge is 0.258 e. The number of nitro benzene ring substituents is 1. The van der Waals surface area contributed by atoms with Crippen molar-refractivity contribution in [2.45, 2.75) is 33.1 Å². The van der Waals surface area contributed by atoms with Crippen LogP contribution < -0.4 is 0 Å². The Morgan fingerprint density at radius 3 is 2.13 bits per heavy atom. The molecule has 7 nitrogen and oxygen atoms in total. The maximum Gasteiger partial charge on any atom is 0.269 e. The SMILES string of the molecule is CCOOCC(COOCC)C(CC)c1cccc([N+](=O)[O-])c1. The maximum atomic E-state index is 11.0. The number of hydrogen-bond donors (Lipinski definition) is 0. The van der Waals surface area contributed by atoms with Crippen molar-refractivity contribution in [1.82, 2.24) is 0 Å². The summed E-state index contributed by atoms with van der Waals surface area (Å²) in [5.41, 5.74) is 0.961. The van der Waals surface area contributed by atoms with Gasteiger partial charge in [-0.05, 0) is 31.7 Å². The van der Waals surface area contributed by atoms with Gasteiger partial charge < -0.3 is 0 Å². The first-order valence-corrected chi connectivity index (χ1v) is 7.87. The van der Waals surface area contributed by atoms with Crippen molar-refractivity contribution in [3.63, 3.8) is 0 Å². The first-order valence-electron chi connectivity index (χ1n) is 7.87. The summed E-state index contributed by atoms with van der Waals surface area (Å²) in [7, 11) is 0. The molecule has 23 heavy (non-hydrogen) atoms. The van der Waals surface area contributed by atoms with E-state index >= 15 is 0 Å². The molecule has 0 saturated carbocycles. The van der Waals surface area contributed by atoms with Crippen LogP contribution in [-0.4, -0.2) is 31.4 Å². The van der Waals surface area contributed by atoms with E-state index in [2.05, 4.69) is 0 Å². The molecule has 0 aliphatic heterocycles. The highest BCUT2D eigenvalue weighted by Crippen LogP contribution is 2.31. The molecule has 0 radical (unpaired) electrons. The predicted molar refractivity (Wildman–Crippen MR) is 84.8 cm³/mol. The Bertz CT molecular complexity index is 458. The molecule has 130 valence electrons. The van der Waals surface area contributed by atoms with Gasteiger partial charge in [0.1, 0.15) is 0 Å². The van der Waals surface area contributed by atoms with Crippen LogP contribution in [0.25, 0.3) is 0 Å². The van der Waals surface area contributed by atoms with Gasteiger partial charge in [-0.2, -0.15) is 0 Å². The zero-order valence-electron chi connectivity index (χ0n) is 13.9. The number of nitro groups is 1. The van der Waals surface area contributed by atoms with Crippen LogP contribution in [0.3, 0.4) is 0 Å². The lowest BCUT2D eigenvalue weighted by molar-refractivity contribution is -0.385. The van der Waals surface area contributed by atoms with Crippen molar-refractivity contribution in [3.8, 4) is 0 Å². The number of benzene rings is 1. The Morgan fingerprint density at radius 1 is 1.04 bits per heavy atom. The van der Waals surface area contributed by atoms with Crippen LogP contribution in [0.1, 0.15) is 38.7 Å². The molecule has 1 aromatic rings. The number of non-ortho nitro benzene ring substituents is 1. The van der Waals surface area contributed by atoms with Gasteiger partial charge in [-0.1, -0.05) is 19.1 Å². The van der Waals surface area contributed by atoms with Gasteiger partial charge in [0, 0.05) is 18.1 Å². The van der Waals surface area contributed by atoms with Gasteiger partial charge in [-0.3, -0.25) is 10.1 Å². The average molecular weight is 327 g/mol. The van der Waals surface area contributed by atoms with Crippen LogP contribution in [0.5, 0.6) is 0 Å². The zero-order valence-corrected chi connectivity index (χ0v) is 13.9. The van der Waals surface area contributed by atoms with Gasteiger partial charge in [-0.15, -0.1) is 0 Å². The first-order chi connectivity index (χ1) is 11.1. The standard InChI is InChI=1S/C16H25NO6/c1-4-16(13-8-7-9-15(10-13)17(18)19)14(11-22-20-5-2)12-23-21-6-3/h7-10,14,16H,4-6,11-12H2,1-3H3. The van der Waals surface area contributed by atoms with Crippen LogP contribution in [0, 0.1) is 16.0 Å². The highest BCUT2D eigenvalue weighted by molar-refractivity contribution is 5.36. The largest absolute Gasteiger partial charge is 0.269 e. The Morgan fingerprint density at radius 2 is 1.65 bits per heavy atom. The summed E-state index contributed by atoms with van der Waals surface area (Å²) in [4.78, 5) is 30.9. The summed E-state index contributed by atoms with van der Waals surface area (Å²) < 4.78 is 0. The minimum absolute atomic E-state index is 0.0378. The molecule has 0 spiro atoms. The molecular formula is C16H25NO6. The van der Waals surface area contributed by atoms with Crippen molar-refractivity contribution in [1.29, 1.82) is 0 Å². The Hall–Kier alpha value is -1.54. The third-order valence-corrected chi connectivity index (χ3v) is 3.48. The quantitative estimate of drug-likeness (QED) is 0.252. The van der Waals surface area contributed by atoms with E-state index < -0.39 is 4.92 Å². The Balaban J connectivity index is 2.88. The fourth-order valence-electron chi connectivity index (χ4n) is 2.43. The van der Waals surface area contributed by atoms with E-state index in [1.54, 1.807) is 12.1 Å². The van der Waals surface area contributed by atoms with Gasteiger partial charge in [0.05, 0.1) is 31.4 Å². The number of nitrogens with zero attached hydrogens (tertiary/aromatic N) is 1. The summed E-state index contributed by atoms with van der Waals surface area (Å²) >= 11 is 0. The fraction of sp³-hybridized carbons (Fsp3) is 0.625. The van der Waals surface area contributed by atoms with Crippen molar-refractivity contribution < 1.29 is 24.5 Å². The molecular weight excluding hydrogens is 302 g/mol. The van der Waals surface area contributed by atoms with E-state index in [1.165, 1.54) is 6.07 Å². The lowest BCUT2D eigenvalue weighted by Crippen LogP contribution is -2.24. The molecule has 1 unspecified atom stereocenters. The zero-order chi connectivity index (χ0) is 17.1. The monoisotopic (exact) mass is 327 g/mol. The molecule has 0 saturated heterocycles. The number of hydrogen-bond acceptors (Lipinski definition) is 6. The van der Waals surface area contributed by atoms with Crippen molar-refractivity contribution in [2.75, 3.05) is 26.4 Å². The highest BCUT2D eigenvalue weighted by atomic mass is 17.2. The van der Waals surface area contributed by atoms with E-state index in [0.29, 0.717) is 26.4 Å². The van der Waals surface area contributed by atoms with E-state index in [1.807, 2.05) is 26.8 Å². The van der Waals surface area contributed by atoms with E-state index in [9.17, 15) is 10.1 Å². The van der Waals surface area contributed by atoms with Crippen LogP contribution >= 0.6 is 0 Å². The van der Waals surface area contributed by atoms with Gasteiger partial charge in [0.2, 0.25) is 0 Å². The van der Waals surface area contributed by atoms with Crippen LogP contribution in [-0.2, 0) is 19.6 Å². The number of rotatable bonds is 12. The van der Waals surface area contributed by atoms with Crippen LogP contribution in [0.2, 0.25) is 0 Å². The lowest BCUT2D eigenvalue weighted by Gasteiger charge is -2.25. The molecule has 0 N–H and O–H groups in total. The summed E-state index contributed by atoms with van der Waals surface area (Å²) in [5, 5.41) is 11.0. The summed E-state index contributed by atoms with van der Waals surface area (Å²) in [5.74, 6) is -0.00378. The molecule has 1 atom stereocenters. The molecule has 0 aliphatic rings. The molecule has 0 heterocycles. The summed E-state index contributed by atoms with van der Waals surface area (Å²) in [6, 6.07) is 6.66. The van der Waals surface area contributed by atoms with Crippen molar-refractivity contribution in [3.05, 3.63) is 39.9 Å². The highest BCUT2D eigenvalue weighted by Gasteiger charge is 2.25. The van der Waals surface area contributed by atoms with Gasteiger partial charge in [0.15, 0.2) is 0 Å². The van der Waals surface area contributed by atoms with Crippen molar-refractivity contribution in [2.24, 2.45) is 5.92 Å². The maximum absolute atomic E-state index is 11.0. The minimum atomic E-state index is -0.390. The van der Waals surface area contributed by atoms with Gasteiger partial charge in [-0.25, -0.2) is 19.6 Å². The van der Waals surface area contributed by atoms with Crippen molar-refractivity contribution >= 4 is 5.69 Å². The second-order valence-corrected chi connectivity index (χ2v) is 5.01. The minimum Gasteiger partial charge on any atom is -0.258 e. The lowest BCUT2D eigenvalue weighted by atomic mass is 9.85. The summed E-state index contributed by atoms with van der Waals surface area (Å²) in [6.45, 7) is 7.24. The third-order valence-electron chi connectivity index (χ3n) is 3.48. The normalized spacial score (nSPS) is 12.5. The topological polar surface area (TPSA) is 80.1 Å². The second-order valence-electron chi connectivity index (χ2n) is 5.01. The molecule has 0 amide bonds. The molecule has 0 aliphatic carbocycles. The fourth-order valence-corrected chi connectivity index (χ4v) is 2.43.